The highest BCUT2D eigenvalue weighted by Crippen LogP contribution is 2.17. The molecule has 0 spiro atoms. The van der Waals surface area contributed by atoms with Gasteiger partial charge in [0.1, 0.15) is 11.1 Å². The first-order chi connectivity index (χ1) is 15.1. The van der Waals surface area contributed by atoms with Crippen molar-refractivity contribution in [3.8, 4) is 0 Å². The Morgan fingerprint density at radius 3 is 2.39 bits per heavy atom. The number of amides is 2. The summed E-state index contributed by atoms with van der Waals surface area (Å²) in [4.78, 5) is 42.9. The zero-order valence-corrected chi connectivity index (χ0v) is 17.8. The number of pyridine rings is 2. The van der Waals surface area contributed by atoms with E-state index in [4.69, 9.17) is 0 Å². The van der Waals surface area contributed by atoms with Crippen LogP contribution < -0.4 is 16.1 Å². The lowest BCUT2D eigenvalue weighted by molar-refractivity contribution is 0.0928. The second-order valence-electron chi connectivity index (χ2n) is 7.92. The van der Waals surface area contributed by atoms with Gasteiger partial charge >= 0.3 is 0 Å². The molecule has 0 aromatic carbocycles. The minimum Gasteiger partial charge on any atom is -0.349 e. The van der Waals surface area contributed by atoms with Crippen LogP contribution in [-0.2, 0) is 6.54 Å². The third-order valence-corrected chi connectivity index (χ3v) is 5.49. The quantitative estimate of drug-likeness (QED) is 0.671. The summed E-state index contributed by atoms with van der Waals surface area (Å²) in [6.07, 6.45) is 13.7. The Balaban J connectivity index is 1.89. The summed E-state index contributed by atoms with van der Waals surface area (Å²) in [7, 11) is 0. The molecule has 1 aliphatic carbocycles. The van der Waals surface area contributed by atoms with Crippen molar-refractivity contribution in [3.63, 3.8) is 0 Å². The van der Waals surface area contributed by atoms with Gasteiger partial charge < -0.3 is 15.2 Å². The molecule has 0 bridgehead atoms. The van der Waals surface area contributed by atoms with Crippen LogP contribution in [-0.4, -0.2) is 34.0 Å². The van der Waals surface area contributed by atoms with E-state index in [9.17, 15) is 14.4 Å². The minimum absolute atomic E-state index is 0.0238. The van der Waals surface area contributed by atoms with E-state index < -0.39 is 17.2 Å². The number of aromatic nitrogens is 2. The van der Waals surface area contributed by atoms with Gasteiger partial charge in [-0.05, 0) is 25.0 Å². The minimum atomic E-state index is -0.567. The molecule has 2 aromatic rings. The molecule has 1 fully saturated rings. The van der Waals surface area contributed by atoms with E-state index in [1.165, 1.54) is 37.7 Å². The summed E-state index contributed by atoms with van der Waals surface area (Å²) in [5, 5.41) is 5.65. The second-order valence-corrected chi connectivity index (χ2v) is 7.92. The molecular weight excluding hydrogens is 392 g/mol. The number of hydrogen-bond donors (Lipinski definition) is 2. The highest BCUT2D eigenvalue weighted by Gasteiger charge is 2.22. The summed E-state index contributed by atoms with van der Waals surface area (Å²) in [5.74, 6) is -0.955. The lowest BCUT2D eigenvalue weighted by Gasteiger charge is -2.21. The first-order valence-electron chi connectivity index (χ1n) is 10.9. The summed E-state index contributed by atoms with van der Waals surface area (Å²) in [6, 6.07) is 5.58. The summed E-state index contributed by atoms with van der Waals surface area (Å²) in [5.41, 5.74) is 0.101. The van der Waals surface area contributed by atoms with E-state index >= 15 is 0 Å². The average Bonchev–Trinajstić information content (AvgIpc) is 2.75. The Morgan fingerprint density at radius 1 is 1.06 bits per heavy atom. The van der Waals surface area contributed by atoms with E-state index in [-0.39, 0.29) is 23.7 Å². The fourth-order valence-electron chi connectivity index (χ4n) is 3.85. The van der Waals surface area contributed by atoms with Crippen LogP contribution in [0.3, 0.4) is 0 Å². The lowest BCUT2D eigenvalue weighted by atomic mass is 9.96. The summed E-state index contributed by atoms with van der Waals surface area (Å²) < 4.78 is 1.67. The molecule has 1 saturated carbocycles. The zero-order valence-electron chi connectivity index (χ0n) is 17.8. The van der Waals surface area contributed by atoms with E-state index in [1.54, 1.807) is 10.8 Å². The third kappa shape index (κ3) is 6.38. The van der Waals surface area contributed by atoms with Crippen LogP contribution >= 0.6 is 0 Å². The first kappa shape index (κ1) is 22.5. The molecule has 1 aliphatic rings. The molecule has 0 radical (unpaired) electrons. The molecule has 0 aliphatic heterocycles. The largest absolute Gasteiger partial charge is 0.349 e. The van der Waals surface area contributed by atoms with Gasteiger partial charge in [-0.3, -0.25) is 19.4 Å². The Hall–Kier alpha value is -3.22. The molecule has 3 rings (SSSR count). The number of nitrogens with one attached hydrogen (secondary N) is 2. The van der Waals surface area contributed by atoms with Crippen LogP contribution in [0.1, 0.15) is 71.4 Å². The van der Waals surface area contributed by atoms with Crippen LogP contribution in [0.25, 0.3) is 0 Å². The molecule has 2 heterocycles. The van der Waals surface area contributed by atoms with E-state index in [0.29, 0.717) is 6.54 Å². The first-order valence-corrected chi connectivity index (χ1v) is 10.9. The highest BCUT2D eigenvalue weighted by molar-refractivity contribution is 5.99. The van der Waals surface area contributed by atoms with Crippen molar-refractivity contribution < 1.29 is 9.59 Å². The van der Waals surface area contributed by atoms with Gasteiger partial charge in [0.05, 0.1) is 12.2 Å². The van der Waals surface area contributed by atoms with Crippen molar-refractivity contribution in [1.82, 2.24) is 20.2 Å². The third-order valence-electron chi connectivity index (χ3n) is 5.49. The van der Waals surface area contributed by atoms with Crippen LogP contribution in [0.4, 0.5) is 0 Å². The van der Waals surface area contributed by atoms with Gasteiger partial charge in [0.2, 0.25) is 5.43 Å². The molecule has 7 heteroatoms. The van der Waals surface area contributed by atoms with Gasteiger partial charge in [0.15, 0.2) is 0 Å². The Bertz CT molecular complexity index is 961. The van der Waals surface area contributed by atoms with Crippen molar-refractivity contribution in [3.05, 3.63) is 76.5 Å². The van der Waals surface area contributed by atoms with Gasteiger partial charge in [-0.1, -0.05) is 44.2 Å². The number of hydrogen-bond acceptors (Lipinski definition) is 4. The smallest absolute Gasteiger partial charge is 0.257 e. The molecule has 2 N–H and O–H groups in total. The Morgan fingerprint density at radius 2 is 1.74 bits per heavy atom. The van der Waals surface area contributed by atoms with Crippen molar-refractivity contribution in [2.75, 3.05) is 6.54 Å². The number of rotatable bonds is 7. The van der Waals surface area contributed by atoms with Crippen molar-refractivity contribution >= 4 is 11.8 Å². The van der Waals surface area contributed by atoms with Gasteiger partial charge in [-0.15, -0.1) is 6.58 Å². The van der Waals surface area contributed by atoms with E-state index in [0.717, 1.165) is 31.4 Å². The topological polar surface area (TPSA) is 93.1 Å². The van der Waals surface area contributed by atoms with Crippen LogP contribution in [0.5, 0.6) is 0 Å². The molecule has 0 unspecified atom stereocenters. The lowest BCUT2D eigenvalue weighted by Crippen LogP contribution is -2.40. The Kier molecular flexibility index (Phi) is 8.15. The summed E-state index contributed by atoms with van der Waals surface area (Å²) in [6.45, 7) is 4.15. The zero-order chi connectivity index (χ0) is 22.1. The number of carbonyl (C=O) groups excluding carboxylic acids is 2. The summed E-state index contributed by atoms with van der Waals surface area (Å²) >= 11 is 0. The molecule has 0 saturated heterocycles. The van der Waals surface area contributed by atoms with Crippen LogP contribution in [0, 0.1) is 0 Å². The van der Waals surface area contributed by atoms with Gasteiger partial charge in [-0.25, -0.2) is 0 Å². The molecular formula is C24H30N4O3. The van der Waals surface area contributed by atoms with Crippen molar-refractivity contribution in [2.45, 2.75) is 57.5 Å². The van der Waals surface area contributed by atoms with Gasteiger partial charge in [0, 0.05) is 31.2 Å². The standard InChI is InChI=1S/C24H30N4O3/c1-2-13-26-23(30)20-16-28(15-19-12-8-9-14-25-19)17-21(22(20)29)24(31)27-18-10-6-4-3-5-7-11-18/h2,8-9,12,14,16-18H,1,3-7,10-11,13,15H2,(H,26,30)(H,27,31). The van der Waals surface area contributed by atoms with Gasteiger partial charge in [-0.2, -0.15) is 0 Å². The normalized spacial score (nSPS) is 14.8. The molecule has 7 nitrogen and oxygen atoms in total. The molecule has 0 atom stereocenters. The monoisotopic (exact) mass is 422 g/mol. The van der Waals surface area contributed by atoms with Crippen molar-refractivity contribution in [2.24, 2.45) is 0 Å². The van der Waals surface area contributed by atoms with Crippen LogP contribution in [0.2, 0.25) is 0 Å². The molecule has 2 amide bonds. The van der Waals surface area contributed by atoms with E-state index in [1.807, 2.05) is 18.2 Å². The maximum absolute atomic E-state index is 13.0. The van der Waals surface area contributed by atoms with Crippen molar-refractivity contribution in [1.29, 1.82) is 0 Å². The van der Waals surface area contributed by atoms with E-state index in [2.05, 4.69) is 22.2 Å². The Labute approximate surface area is 182 Å². The second kappa shape index (κ2) is 11.2. The number of nitrogens with zero attached hydrogens (tertiary/aromatic N) is 2. The maximum Gasteiger partial charge on any atom is 0.257 e. The average molecular weight is 423 g/mol. The fourth-order valence-corrected chi connectivity index (χ4v) is 3.85. The number of carbonyl (C=O) groups is 2. The maximum atomic E-state index is 13.0. The van der Waals surface area contributed by atoms with Gasteiger partial charge in [0.25, 0.3) is 11.8 Å². The van der Waals surface area contributed by atoms with Crippen LogP contribution in [0.15, 0.2) is 54.2 Å². The predicted molar refractivity (Wildman–Crippen MR) is 120 cm³/mol. The highest BCUT2D eigenvalue weighted by atomic mass is 16.2. The predicted octanol–water partition coefficient (Wildman–Crippen LogP) is 3.05. The molecule has 2 aromatic heterocycles. The molecule has 164 valence electrons. The fraction of sp³-hybridized carbons (Fsp3) is 0.417. The molecule has 31 heavy (non-hydrogen) atoms. The SMILES string of the molecule is C=CCNC(=O)c1cn(Cc2ccccn2)cc(C(=O)NC2CCCCCCC2)c1=O.